The molecule has 0 aliphatic carbocycles. The van der Waals surface area contributed by atoms with Crippen LogP contribution in [0, 0.1) is 11.6 Å². The SMILES string of the molecule is C[C@H](NCC(O)c1c(F)cccc1F)c1cccc(Br)c1. The molecule has 0 radical (unpaired) electrons. The molecule has 2 nitrogen and oxygen atoms in total. The Balaban J connectivity index is 2.02. The topological polar surface area (TPSA) is 32.3 Å². The molecule has 0 bridgehead atoms. The zero-order valence-electron chi connectivity index (χ0n) is 11.5. The van der Waals surface area contributed by atoms with Crippen LogP contribution < -0.4 is 5.32 Å². The lowest BCUT2D eigenvalue weighted by Crippen LogP contribution is -2.25. The van der Waals surface area contributed by atoms with Crippen LogP contribution in [0.4, 0.5) is 8.78 Å². The maximum atomic E-state index is 13.6. The number of aliphatic hydroxyl groups is 1. The van der Waals surface area contributed by atoms with Gasteiger partial charge >= 0.3 is 0 Å². The third-order valence-electron chi connectivity index (χ3n) is 3.30. The van der Waals surface area contributed by atoms with E-state index < -0.39 is 17.7 Å². The third kappa shape index (κ3) is 4.09. The first kappa shape index (κ1) is 16.1. The van der Waals surface area contributed by atoms with Gasteiger partial charge in [-0.25, -0.2) is 8.78 Å². The van der Waals surface area contributed by atoms with Crippen LogP contribution in [0.15, 0.2) is 46.9 Å². The van der Waals surface area contributed by atoms with Gasteiger partial charge in [0.25, 0.3) is 0 Å². The maximum Gasteiger partial charge on any atom is 0.131 e. The highest BCUT2D eigenvalue weighted by Crippen LogP contribution is 2.22. The van der Waals surface area contributed by atoms with E-state index in [0.29, 0.717) is 0 Å². The average molecular weight is 356 g/mol. The molecule has 0 amide bonds. The number of halogens is 3. The minimum atomic E-state index is -1.24. The molecule has 2 N–H and O–H groups in total. The van der Waals surface area contributed by atoms with E-state index in [1.807, 2.05) is 31.2 Å². The van der Waals surface area contributed by atoms with Crippen LogP contribution in [0.3, 0.4) is 0 Å². The fraction of sp³-hybridized carbons (Fsp3) is 0.250. The van der Waals surface area contributed by atoms with E-state index in [4.69, 9.17) is 0 Å². The fourth-order valence-electron chi connectivity index (χ4n) is 2.11. The molecule has 0 saturated carbocycles. The summed E-state index contributed by atoms with van der Waals surface area (Å²) in [7, 11) is 0. The lowest BCUT2D eigenvalue weighted by atomic mass is 10.1. The summed E-state index contributed by atoms with van der Waals surface area (Å²) < 4.78 is 28.1. The summed E-state index contributed by atoms with van der Waals surface area (Å²) in [6.07, 6.45) is -1.24. The quantitative estimate of drug-likeness (QED) is 0.845. The first-order valence-corrected chi connectivity index (χ1v) is 7.39. The van der Waals surface area contributed by atoms with Gasteiger partial charge in [-0.1, -0.05) is 34.1 Å². The molecule has 0 aliphatic heterocycles. The molecule has 112 valence electrons. The maximum absolute atomic E-state index is 13.6. The third-order valence-corrected chi connectivity index (χ3v) is 3.79. The van der Waals surface area contributed by atoms with E-state index in [0.717, 1.165) is 22.2 Å². The molecule has 2 rings (SSSR count). The van der Waals surface area contributed by atoms with Crippen LogP contribution in [-0.4, -0.2) is 11.7 Å². The van der Waals surface area contributed by atoms with E-state index >= 15 is 0 Å². The van der Waals surface area contributed by atoms with Crippen LogP contribution in [0.1, 0.15) is 30.2 Å². The number of hydrogen-bond acceptors (Lipinski definition) is 2. The Hall–Kier alpha value is -1.30. The molecule has 2 aromatic carbocycles. The van der Waals surface area contributed by atoms with Gasteiger partial charge in [-0.05, 0) is 36.8 Å². The smallest absolute Gasteiger partial charge is 0.131 e. The molecule has 0 saturated heterocycles. The molecular formula is C16H16BrF2NO. The van der Waals surface area contributed by atoms with Gasteiger partial charge in [0, 0.05) is 17.1 Å². The van der Waals surface area contributed by atoms with Crippen LogP contribution in [0.2, 0.25) is 0 Å². The zero-order valence-corrected chi connectivity index (χ0v) is 13.1. The van der Waals surface area contributed by atoms with Crippen molar-refractivity contribution >= 4 is 15.9 Å². The van der Waals surface area contributed by atoms with Gasteiger partial charge in [0.2, 0.25) is 0 Å². The molecule has 21 heavy (non-hydrogen) atoms. The lowest BCUT2D eigenvalue weighted by molar-refractivity contribution is 0.161. The molecule has 0 spiro atoms. The van der Waals surface area contributed by atoms with Gasteiger partial charge in [-0.2, -0.15) is 0 Å². The van der Waals surface area contributed by atoms with E-state index in [1.165, 1.54) is 6.07 Å². The molecule has 0 aliphatic rings. The predicted molar refractivity (Wildman–Crippen MR) is 81.9 cm³/mol. The van der Waals surface area contributed by atoms with Gasteiger partial charge in [0.15, 0.2) is 0 Å². The number of benzene rings is 2. The average Bonchev–Trinajstić information content (AvgIpc) is 2.44. The monoisotopic (exact) mass is 355 g/mol. The Morgan fingerprint density at radius 3 is 2.38 bits per heavy atom. The van der Waals surface area contributed by atoms with Crippen molar-refractivity contribution in [3.63, 3.8) is 0 Å². The van der Waals surface area contributed by atoms with Crippen LogP contribution in [-0.2, 0) is 0 Å². The van der Waals surface area contributed by atoms with E-state index in [1.54, 1.807) is 0 Å². The number of hydrogen-bond donors (Lipinski definition) is 2. The summed E-state index contributed by atoms with van der Waals surface area (Å²) in [4.78, 5) is 0. The van der Waals surface area contributed by atoms with Gasteiger partial charge < -0.3 is 10.4 Å². The first-order valence-electron chi connectivity index (χ1n) is 6.60. The molecular weight excluding hydrogens is 340 g/mol. The standard InChI is InChI=1S/C16H16BrF2NO/c1-10(11-4-2-5-12(17)8-11)20-9-15(21)16-13(18)6-3-7-14(16)19/h2-8,10,15,20-21H,9H2,1H3/t10-,15?/m0/s1. The molecule has 0 fully saturated rings. The lowest BCUT2D eigenvalue weighted by Gasteiger charge is -2.18. The first-order chi connectivity index (χ1) is 9.99. The van der Waals surface area contributed by atoms with Crippen molar-refractivity contribution in [2.75, 3.05) is 6.54 Å². The second kappa shape index (κ2) is 7.11. The van der Waals surface area contributed by atoms with Crippen molar-refractivity contribution in [2.24, 2.45) is 0 Å². The summed E-state index contributed by atoms with van der Waals surface area (Å²) in [6, 6.07) is 11.2. The molecule has 0 heterocycles. The zero-order chi connectivity index (χ0) is 15.4. The van der Waals surface area contributed by atoms with E-state index in [-0.39, 0.29) is 18.2 Å². The second-order valence-corrected chi connectivity index (χ2v) is 5.75. The number of aliphatic hydroxyl groups excluding tert-OH is 1. The number of nitrogens with one attached hydrogen (secondary N) is 1. The fourth-order valence-corrected chi connectivity index (χ4v) is 2.53. The van der Waals surface area contributed by atoms with Gasteiger partial charge in [0.1, 0.15) is 11.6 Å². The summed E-state index contributed by atoms with van der Waals surface area (Å²) >= 11 is 3.39. The molecule has 5 heteroatoms. The Kier molecular flexibility index (Phi) is 5.45. The van der Waals surface area contributed by atoms with Crippen LogP contribution >= 0.6 is 15.9 Å². The molecule has 2 aromatic rings. The minimum absolute atomic E-state index is 0.0491. The van der Waals surface area contributed by atoms with Gasteiger partial charge in [-0.3, -0.25) is 0 Å². The highest BCUT2D eigenvalue weighted by molar-refractivity contribution is 9.10. The van der Waals surface area contributed by atoms with Crippen molar-refractivity contribution in [1.82, 2.24) is 5.32 Å². The normalized spacial score (nSPS) is 14.0. The number of rotatable bonds is 5. The molecule has 2 atom stereocenters. The Morgan fingerprint density at radius 2 is 1.76 bits per heavy atom. The van der Waals surface area contributed by atoms with Gasteiger partial charge in [0.05, 0.1) is 11.7 Å². The Bertz CT molecular complexity index is 601. The van der Waals surface area contributed by atoms with E-state index in [9.17, 15) is 13.9 Å². The van der Waals surface area contributed by atoms with Crippen molar-refractivity contribution < 1.29 is 13.9 Å². The second-order valence-electron chi connectivity index (χ2n) is 4.84. The van der Waals surface area contributed by atoms with E-state index in [2.05, 4.69) is 21.2 Å². The van der Waals surface area contributed by atoms with Crippen molar-refractivity contribution in [3.05, 3.63) is 69.7 Å². The van der Waals surface area contributed by atoms with Crippen LogP contribution in [0.25, 0.3) is 0 Å². The summed E-state index contributed by atoms with van der Waals surface area (Å²) in [5.74, 6) is -1.47. The summed E-state index contributed by atoms with van der Waals surface area (Å²) in [5.41, 5.74) is 0.719. The van der Waals surface area contributed by atoms with Crippen LogP contribution in [0.5, 0.6) is 0 Å². The predicted octanol–water partition coefficient (Wildman–Crippen LogP) is 4.11. The Labute approximate surface area is 130 Å². The molecule has 1 unspecified atom stereocenters. The molecule has 0 aromatic heterocycles. The summed E-state index contributed by atoms with van der Waals surface area (Å²) in [6.45, 7) is 1.98. The largest absolute Gasteiger partial charge is 0.387 e. The Morgan fingerprint density at radius 1 is 1.14 bits per heavy atom. The highest BCUT2D eigenvalue weighted by atomic mass is 79.9. The summed E-state index contributed by atoms with van der Waals surface area (Å²) in [5, 5.41) is 13.1. The van der Waals surface area contributed by atoms with Crippen molar-refractivity contribution in [3.8, 4) is 0 Å². The van der Waals surface area contributed by atoms with Crippen molar-refractivity contribution in [2.45, 2.75) is 19.1 Å². The highest BCUT2D eigenvalue weighted by Gasteiger charge is 2.18. The van der Waals surface area contributed by atoms with Gasteiger partial charge in [-0.15, -0.1) is 0 Å². The van der Waals surface area contributed by atoms with Crippen molar-refractivity contribution in [1.29, 1.82) is 0 Å². The minimum Gasteiger partial charge on any atom is -0.387 e.